The molecule has 0 saturated heterocycles. The molecular formula is C24H20F2N2O2. The number of rotatable bonds is 5. The molecule has 1 fully saturated rings. The molecule has 1 aliphatic heterocycles. The molecule has 2 aromatic rings. The molecule has 30 heavy (non-hydrogen) atoms. The van der Waals surface area contributed by atoms with Gasteiger partial charge >= 0.3 is 0 Å². The lowest BCUT2D eigenvalue weighted by atomic mass is 9.91. The van der Waals surface area contributed by atoms with Crippen molar-refractivity contribution in [3.63, 3.8) is 0 Å². The third-order valence-corrected chi connectivity index (χ3v) is 5.65. The fraction of sp³-hybridized carbons (Fsp3) is 0.250. The van der Waals surface area contributed by atoms with Crippen molar-refractivity contribution in [3.8, 4) is 12.3 Å². The Bertz CT molecular complexity index is 1120. The lowest BCUT2D eigenvalue weighted by Crippen LogP contribution is -2.36. The minimum absolute atomic E-state index is 0.0132. The Morgan fingerprint density at radius 2 is 2.03 bits per heavy atom. The van der Waals surface area contributed by atoms with Gasteiger partial charge in [0.05, 0.1) is 18.2 Å². The molecule has 1 aliphatic carbocycles. The summed E-state index contributed by atoms with van der Waals surface area (Å²) in [5.74, 6) is 0.851. The first-order valence-electron chi connectivity index (χ1n) is 9.66. The molecule has 1 unspecified atom stereocenters. The minimum Gasteiger partial charge on any atom is -0.359 e. The summed E-state index contributed by atoms with van der Waals surface area (Å²) < 4.78 is 28.3. The normalized spacial score (nSPS) is 18.5. The summed E-state index contributed by atoms with van der Waals surface area (Å²) in [6.07, 6.45) is 5.78. The molecule has 0 radical (unpaired) electrons. The number of carbonyl (C=O) groups is 2. The number of allylic oxidation sites excluding steroid dienone is 1. The number of Topliss-reactive ketones (excluding diaryl/α,β-unsaturated/α-hetero) is 1. The van der Waals surface area contributed by atoms with Crippen LogP contribution in [0, 0.1) is 29.9 Å². The maximum absolute atomic E-state index is 14.5. The number of nitrogens with one attached hydrogen (secondary N) is 1. The van der Waals surface area contributed by atoms with Gasteiger partial charge in [-0.2, -0.15) is 0 Å². The van der Waals surface area contributed by atoms with Crippen LogP contribution in [0.2, 0.25) is 0 Å². The molecule has 1 heterocycles. The van der Waals surface area contributed by atoms with Crippen molar-refractivity contribution in [3.05, 3.63) is 76.5 Å². The highest BCUT2D eigenvalue weighted by molar-refractivity contribution is 6.21. The average molecular weight is 406 g/mol. The zero-order valence-corrected chi connectivity index (χ0v) is 16.4. The molecule has 2 atom stereocenters. The van der Waals surface area contributed by atoms with E-state index < -0.39 is 29.5 Å². The van der Waals surface area contributed by atoms with Crippen molar-refractivity contribution >= 4 is 17.3 Å². The average Bonchev–Trinajstić information content (AvgIpc) is 3.43. The summed E-state index contributed by atoms with van der Waals surface area (Å²) >= 11 is 0. The van der Waals surface area contributed by atoms with Gasteiger partial charge in [0.15, 0.2) is 0 Å². The molecule has 4 nitrogen and oxygen atoms in total. The highest BCUT2D eigenvalue weighted by Gasteiger charge is 2.43. The van der Waals surface area contributed by atoms with Gasteiger partial charge in [0.2, 0.25) is 0 Å². The highest BCUT2D eigenvalue weighted by atomic mass is 19.1. The number of hydrogen-bond donors (Lipinski definition) is 1. The second kappa shape index (κ2) is 7.75. The topological polar surface area (TPSA) is 49.4 Å². The van der Waals surface area contributed by atoms with Gasteiger partial charge in [0, 0.05) is 30.1 Å². The number of hydrogen-bond acceptors (Lipinski definition) is 3. The van der Waals surface area contributed by atoms with E-state index in [0.29, 0.717) is 34.4 Å². The predicted molar refractivity (Wildman–Crippen MR) is 109 cm³/mol. The van der Waals surface area contributed by atoms with Gasteiger partial charge in [-0.3, -0.25) is 9.59 Å². The van der Waals surface area contributed by atoms with Crippen LogP contribution in [-0.4, -0.2) is 23.1 Å². The van der Waals surface area contributed by atoms with Gasteiger partial charge in [-0.1, -0.05) is 30.2 Å². The number of nitrogens with zero attached hydrogens (tertiary/aromatic N) is 1. The second-order valence-electron chi connectivity index (χ2n) is 7.57. The van der Waals surface area contributed by atoms with Crippen molar-refractivity contribution in [1.29, 1.82) is 0 Å². The van der Waals surface area contributed by atoms with Crippen molar-refractivity contribution in [2.75, 3.05) is 6.54 Å². The number of benzene rings is 2. The van der Waals surface area contributed by atoms with Crippen LogP contribution < -0.4 is 5.32 Å². The zero-order valence-electron chi connectivity index (χ0n) is 16.4. The summed E-state index contributed by atoms with van der Waals surface area (Å²) in [5, 5.41) is 2.89. The van der Waals surface area contributed by atoms with E-state index in [1.807, 2.05) is 0 Å². The van der Waals surface area contributed by atoms with Crippen LogP contribution >= 0.6 is 0 Å². The molecule has 2 aromatic carbocycles. The van der Waals surface area contributed by atoms with Crippen LogP contribution in [0.4, 0.5) is 8.78 Å². The molecule has 1 saturated carbocycles. The molecule has 0 aromatic heterocycles. The van der Waals surface area contributed by atoms with E-state index in [9.17, 15) is 18.4 Å². The summed E-state index contributed by atoms with van der Waals surface area (Å²) in [6.45, 7) is 2.26. The quantitative estimate of drug-likeness (QED) is 0.772. The maximum atomic E-state index is 14.5. The Balaban J connectivity index is 1.73. The fourth-order valence-corrected chi connectivity index (χ4v) is 3.98. The number of halogens is 2. The third-order valence-electron chi connectivity index (χ3n) is 5.65. The van der Waals surface area contributed by atoms with Crippen LogP contribution in [-0.2, 0) is 16.1 Å². The maximum Gasteiger partial charge on any atom is 0.254 e. The summed E-state index contributed by atoms with van der Waals surface area (Å²) in [6, 6.07) is 9.80. The minimum atomic E-state index is -0.652. The molecule has 1 amide bonds. The number of fused-ring (bicyclic) bond motifs is 1. The Morgan fingerprint density at radius 3 is 2.70 bits per heavy atom. The Hall–Kier alpha value is -3.46. The molecule has 4 rings (SSSR count). The number of terminal acetylenes is 1. The summed E-state index contributed by atoms with van der Waals surface area (Å²) in [5.41, 5.74) is 2.35. The van der Waals surface area contributed by atoms with E-state index in [2.05, 4.69) is 11.2 Å². The van der Waals surface area contributed by atoms with E-state index in [-0.39, 0.29) is 18.9 Å². The number of carbonyl (C=O) groups excluding carboxylic acids is 2. The van der Waals surface area contributed by atoms with Crippen LogP contribution in [0.25, 0.3) is 5.57 Å². The third kappa shape index (κ3) is 3.59. The zero-order chi connectivity index (χ0) is 21.4. The number of ketones is 1. The summed E-state index contributed by atoms with van der Waals surface area (Å²) in [7, 11) is 0. The lowest BCUT2D eigenvalue weighted by molar-refractivity contribution is -0.116. The van der Waals surface area contributed by atoms with E-state index in [4.69, 9.17) is 6.42 Å². The largest absolute Gasteiger partial charge is 0.359 e. The highest BCUT2D eigenvalue weighted by Crippen LogP contribution is 2.39. The molecule has 6 heteroatoms. The Kier molecular flexibility index (Phi) is 5.13. The molecule has 1 N–H and O–H groups in total. The van der Waals surface area contributed by atoms with Gasteiger partial charge in [-0.05, 0) is 36.2 Å². The summed E-state index contributed by atoms with van der Waals surface area (Å²) in [4.78, 5) is 27.0. The molecular weight excluding hydrogens is 386 g/mol. The van der Waals surface area contributed by atoms with E-state index in [1.165, 1.54) is 18.2 Å². The first kappa shape index (κ1) is 19.8. The Morgan fingerprint density at radius 1 is 1.30 bits per heavy atom. The van der Waals surface area contributed by atoms with Crippen LogP contribution in [0.3, 0.4) is 0 Å². The van der Waals surface area contributed by atoms with Crippen LogP contribution in [0.5, 0.6) is 0 Å². The SMILES string of the molecule is C#CCN1Cc2c(F)cccc2C(C(=O)N[C@H](c2cccc(F)c2)C2CC2=O)=C1C. The van der Waals surface area contributed by atoms with Crippen molar-refractivity contribution in [2.45, 2.75) is 25.9 Å². The smallest absolute Gasteiger partial charge is 0.254 e. The number of amides is 1. The van der Waals surface area contributed by atoms with Gasteiger partial charge in [0.25, 0.3) is 5.91 Å². The van der Waals surface area contributed by atoms with Crippen LogP contribution in [0.15, 0.2) is 48.2 Å². The van der Waals surface area contributed by atoms with E-state index in [0.717, 1.165) is 0 Å². The van der Waals surface area contributed by atoms with Crippen molar-refractivity contribution < 1.29 is 18.4 Å². The molecule has 0 bridgehead atoms. The van der Waals surface area contributed by atoms with E-state index >= 15 is 0 Å². The lowest BCUT2D eigenvalue weighted by Gasteiger charge is -2.32. The van der Waals surface area contributed by atoms with E-state index in [1.54, 1.807) is 36.1 Å². The molecule has 2 aliphatic rings. The second-order valence-corrected chi connectivity index (χ2v) is 7.57. The molecule has 152 valence electrons. The monoisotopic (exact) mass is 406 g/mol. The van der Waals surface area contributed by atoms with Gasteiger partial charge in [0.1, 0.15) is 17.4 Å². The van der Waals surface area contributed by atoms with Gasteiger partial charge in [-0.25, -0.2) is 8.78 Å². The van der Waals surface area contributed by atoms with Crippen LogP contribution in [0.1, 0.15) is 36.1 Å². The van der Waals surface area contributed by atoms with Gasteiger partial charge < -0.3 is 10.2 Å². The predicted octanol–water partition coefficient (Wildman–Crippen LogP) is 3.59. The first-order valence-corrected chi connectivity index (χ1v) is 9.66. The fourth-order valence-electron chi connectivity index (χ4n) is 3.98. The standard InChI is InChI=1S/C24H20F2N2O2/c1-3-10-28-13-19-17(8-5-9-20(19)26)22(14(28)2)24(30)27-23(18-12-21(18)29)15-6-4-7-16(25)11-15/h1,4-9,11,18,23H,10,12-13H2,2H3,(H,27,30)/t18?,23-/m1/s1. The van der Waals surface area contributed by atoms with Crippen molar-refractivity contribution in [2.24, 2.45) is 5.92 Å². The molecule has 0 spiro atoms. The van der Waals surface area contributed by atoms with Crippen molar-refractivity contribution in [1.82, 2.24) is 10.2 Å². The van der Waals surface area contributed by atoms with Gasteiger partial charge in [-0.15, -0.1) is 6.42 Å². The Labute approximate surface area is 173 Å². The first-order chi connectivity index (χ1) is 14.4.